The summed E-state index contributed by atoms with van der Waals surface area (Å²) in [4.78, 5) is 26.4. The molecule has 0 aliphatic carbocycles. The molecule has 3 aliphatic heterocycles. The van der Waals surface area contributed by atoms with Crippen molar-refractivity contribution < 1.29 is 19.0 Å². The third kappa shape index (κ3) is 3.32. The van der Waals surface area contributed by atoms with E-state index in [1.54, 1.807) is 33.5 Å². The molecule has 0 saturated carbocycles. The molecule has 154 valence electrons. The number of piperazine rings is 1. The molecular formula is C21H26N4O4. The van der Waals surface area contributed by atoms with Gasteiger partial charge >= 0.3 is 0 Å². The molecule has 5 rings (SSSR count). The van der Waals surface area contributed by atoms with E-state index in [1.807, 2.05) is 24.8 Å². The second kappa shape index (κ2) is 7.42. The molecule has 3 saturated heterocycles. The van der Waals surface area contributed by atoms with E-state index in [1.165, 1.54) is 0 Å². The highest BCUT2D eigenvalue weighted by Crippen LogP contribution is 2.41. The number of methoxy groups -OCH3 is 3. The molecule has 3 aliphatic rings. The number of benzene rings is 1. The van der Waals surface area contributed by atoms with Gasteiger partial charge in [-0.05, 0) is 32.4 Å². The minimum Gasteiger partial charge on any atom is -0.493 e. The third-order valence-electron chi connectivity index (χ3n) is 5.62. The molecule has 8 nitrogen and oxygen atoms in total. The fraction of sp³-hybridized carbons (Fsp3) is 0.476. The first kappa shape index (κ1) is 19.3. The van der Waals surface area contributed by atoms with E-state index in [0.717, 1.165) is 36.8 Å². The van der Waals surface area contributed by atoms with Crippen LogP contribution in [0.2, 0.25) is 0 Å². The molecular weight excluding hydrogens is 372 g/mol. The Morgan fingerprint density at radius 2 is 1.59 bits per heavy atom. The number of aryl methyl sites for hydroxylation is 2. The molecule has 2 bridgehead atoms. The number of piperidine rings is 1. The van der Waals surface area contributed by atoms with E-state index in [9.17, 15) is 4.79 Å². The smallest absolute Gasteiger partial charge is 0.254 e. The first-order chi connectivity index (χ1) is 13.9. The van der Waals surface area contributed by atoms with Crippen LogP contribution in [0.3, 0.4) is 0 Å². The van der Waals surface area contributed by atoms with Crippen molar-refractivity contribution in [2.75, 3.05) is 39.3 Å². The number of hydrogen-bond acceptors (Lipinski definition) is 7. The Morgan fingerprint density at radius 3 is 2.10 bits per heavy atom. The maximum absolute atomic E-state index is 13.3. The predicted octanol–water partition coefficient (Wildman–Crippen LogP) is 2.22. The number of anilines is 1. The summed E-state index contributed by atoms with van der Waals surface area (Å²) in [6.45, 7) is 5.41. The number of nitrogens with zero attached hydrogens (tertiary/aromatic N) is 4. The van der Waals surface area contributed by atoms with Crippen LogP contribution in [0.25, 0.3) is 0 Å². The van der Waals surface area contributed by atoms with E-state index < -0.39 is 0 Å². The normalized spacial score (nSPS) is 20.2. The quantitative estimate of drug-likeness (QED) is 0.764. The minimum atomic E-state index is -0.0137. The number of carbonyl (C=O) groups is 1. The zero-order valence-corrected chi connectivity index (χ0v) is 17.4. The van der Waals surface area contributed by atoms with Crippen molar-refractivity contribution in [1.82, 2.24) is 14.9 Å². The number of carbonyl (C=O) groups excluding carboxylic acids is 1. The van der Waals surface area contributed by atoms with Crippen molar-refractivity contribution in [3.8, 4) is 17.2 Å². The van der Waals surface area contributed by atoms with E-state index in [-0.39, 0.29) is 18.0 Å². The molecule has 3 fully saturated rings. The maximum Gasteiger partial charge on any atom is 0.254 e. The molecule has 0 radical (unpaired) electrons. The number of fused-ring (bicyclic) bond motifs is 2. The van der Waals surface area contributed by atoms with Crippen LogP contribution in [-0.2, 0) is 0 Å². The Labute approximate surface area is 170 Å². The summed E-state index contributed by atoms with van der Waals surface area (Å²) in [6, 6.07) is 5.76. The average molecular weight is 398 g/mol. The largest absolute Gasteiger partial charge is 0.493 e. The number of ether oxygens (including phenoxy) is 3. The van der Waals surface area contributed by atoms with E-state index >= 15 is 0 Å². The van der Waals surface area contributed by atoms with Crippen LogP contribution >= 0.6 is 0 Å². The van der Waals surface area contributed by atoms with Gasteiger partial charge in [-0.25, -0.2) is 9.97 Å². The van der Waals surface area contributed by atoms with Gasteiger partial charge < -0.3 is 24.0 Å². The van der Waals surface area contributed by atoms with Crippen LogP contribution < -0.4 is 19.1 Å². The van der Waals surface area contributed by atoms with E-state index in [4.69, 9.17) is 14.2 Å². The summed E-state index contributed by atoms with van der Waals surface area (Å²) in [5.74, 6) is 3.13. The molecule has 2 atom stereocenters. The average Bonchev–Trinajstić information content (AvgIpc) is 2.71. The van der Waals surface area contributed by atoms with E-state index in [0.29, 0.717) is 22.8 Å². The fourth-order valence-electron chi connectivity index (χ4n) is 4.34. The summed E-state index contributed by atoms with van der Waals surface area (Å²) < 4.78 is 16.1. The Kier molecular flexibility index (Phi) is 4.94. The molecule has 0 N–H and O–H groups in total. The second-order valence-corrected chi connectivity index (χ2v) is 7.49. The molecule has 0 spiro atoms. The Morgan fingerprint density at radius 1 is 0.966 bits per heavy atom. The van der Waals surface area contributed by atoms with Crippen LogP contribution in [0, 0.1) is 13.8 Å². The summed E-state index contributed by atoms with van der Waals surface area (Å²) in [5.41, 5.74) is 1.49. The predicted molar refractivity (Wildman–Crippen MR) is 108 cm³/mol. The van der Waals surface area contributed by atoms with Crippen molar-refractivity contribution in [1.29, 1.82) is 0 Å². The summed E-state index contributed by atoms with van der Waals surface area (Å²) in [6.07, 6.45) is 1.01. The summed E-state index contributed by atoms with van der Waals surface area (Å²) in [7, 11) is 4.65. The van der Waals surface area contributed by atoms with Crippen molar-refractivity contribution >= 4 is 11.7 Å². The lowest BCUT2D eigenvalue weighted by Gasteiger charge is -2.56. The fourth-order valence-corrected chi connectivity index (χ4v) is 4.34. The van der Waals surface area contributed by atoms with Crippen molar-refractivity contribution in [3.63, 3.8) is 0 Å². The lowest BCUT2D eigenvalue weighted by atomic mass is 9.86. The van der Waals surface area contributed by atoms with Gasteiger partial charge in [0, 0.05) is 30.4 Å². The van der Waals surface area contributed by atoms with Gasteiger partial charge in [0.05, 0.1) is 33.4 Å². The monoisotopic (exact) mass is 398 g/mol. The third-order valence-corrected chi connectivity index (χ3v) is 5.62. The molecule has 2 unspecified atom stereocenters. The highest BCUT2D eigenvalue weighted by molar-refractivity contribution is 5.97. The number of aromatic nitrogens is 2. The Balaban J connectivity index is 1.55. The minimum absolute atomic E-state index is 0.0137. The zero-order valence-electron chi connectivity index (χ0n) is 17.4. The van der Waals surface area contributed by atoms with Crippen molar-refractivity contribution in [2.24, 2.45) is 0 Å². The van der Waals surface area contributed by atoms with Gasteiger partial charge in [0.15, 0.2) is 11.5 Å². The number of hydrogen-bond donors (Lipinski definition) is 0. The van der Waals surface area contributed by atoms with Crippen LogP contribution in [0.4, 0.5) is 5.82 Å². The standard InChI is InChI=1S/C21H26N4O4/c1-12-6-19(23-13(2)22-12)24-10-15-9-16(11-24)25(15)21(26)14-7-17(27-3)20(29-5)18(8-14)28-4/h6-8,15-16H,9-11H2,1-5H3. The molecule has 1 amide bonds. The Hall–Kier alpha value is -3.03. The lowest BCUT2D eigenvalue weighted by molar-refractivity contribution is 0.00569. The summed E-state index contributed by atoms with van der Waals surface area (Å²) >= 11 is 0. The lowest BCUT2D eigenvalue weighted by Crippen LogP contribution is -2.70. The van der Waals surface area contributed by atoms with Crippen LogP contribution in [0.15, 0.2) is 18.2 Å². The number of amides is 1. The van der Waals surface area contributed by atoms with Gasteiger partial charge in [-0.3, -0.25) is 4.79 Å². The highest BCUT2D eigenvalue weighted by Gasteiger charge is 2.48. The number of rotatable bonds is 5. The van der Waals surface area contributed by atoms with Gasteiger partial charge in [0.1, 0.15) is 11.6 Å². The first-order valence-corrected chi connectivity index (χ1v) is 9.65. The second-order valence-electron chi connectivity index (χ2n) is 7.49. The van der Waals surface area contributed by atoms with Crippen LogP contribution in [0.5, 0.6) is 17.2 Å². The van der Waals surface area contributed by atoms with Gasteiger partial charge in [-0.1, -0.05) is 0 Å². The van der Waals surface area contributed by atoms with Crippen LogP contribution in [0.1, 0.15) is 28.3 Å². The van der Waals surface area contributed by atoms with Gasteiger partial charge in [0.25, 0.3) is 5.91 Å². The van der Waals surface area contributed by atoms with Crippen molar-refractivity contribution in [3.05, 3.63) is 35.3 Å². The molecule has 4 heterocycles. The van der Waals surface area contributed by atoms with E-state index in [2.05, 4.69) is 14.9 Å². The van der Waals surface area contributed by atoms with Gasteiger partial charge in [-0.15, -0.1) is 0 Å². The molecule has 2 aromatic rings. The molecule has 8 heteroatoms. The van der Waals surface area contributed by atoms with Gasteiger partial charge in [-0.2, -0.15) is 0 Å². The van der Waals surface area contributed by atoms with Crippen LogP contribution in [-0.4, -0.2) is 67.3 Å². The Bertz CT molecular complexity index is 891. The molecule has 29 heavy (non-hydrogen) atoms. The summed E-state index contributed by atoms with van der Waals surface area (Å²) in [5, 5.41) is 0. The molecule has 1 aromatic carbocycles. The molecule has 1 aromatic heterocycles. The topological polar surface area (TPSA) is 77.0 Å². The first-order valence-electron chi connectivity index (χ1n) is 9.65. The van der Waals surface area contributed by atoms with Crippen molar-refractivity contribution in [2.45, 2.75) is 32.4 Å². The maximum atomic E-state index is 13.3. The van der Waals surface area contributed by atoms with Gasteiger partial charge in [0.2, 0.25) is 5.75 Å². The highest BCUT2D eigenvalue weighted by atomic mass is 16.5. The SMILES string of the molecule is COc1cc(C(=O)N2C3CC2CN(c2cc(C)nc(C)n2)C3)cc(OC)c1OC. The zero-order chi connectivity index (χ0) is 20.7.